The summed E-state index contributed by atoms with van der Waals surface area (Å²) in [6, 6.07) is 6.23. The summed E-state index contributed by atoms with van der Waals surface area (Å²) in [6.07, 6.45) is 0.770. The van der Waals surface area contributed by atoms with Gasteiger partial charge < -0.3 is 15.4 Å². The summed E-state index contributed by atoms with van der Waals surface area (Å²) in [6.45, 7) is 9.76. The van der Waals surface area contributed by atoms with Gasteiger partial charge in [0.05, 0.1) is 18.7 Å². The Morgan fingerprint density at radius 1 is 1.21 bits per heavy atom. The normalized spacial score (nSPS) is 17.3. The van der Waals surface area contributed by atoms with E-state index in [0.29, 0.717) is 23.5 Å². The van der Waals surface area contributed by atoms with Gasteiger partial charge >= 0.3 is 12.0 Å². The molecule has 0 spiro atoms. The van der Waals surface area contributed by atoms with Crippen molar-refractivity contribution in [3.05, 3.63) is 41.1 Å². The van der Waals surface area contributed by atoms with E-state index in [9.17, 15) is 14.4 Å². The SMILES string of the molecule is CCCN1C(=O)N[C@H](c2ccc(NC(=O)C(C)(C)C)cc2)C(C(=O)OC)=C1C. The largest absolute Gasteiger partial charge is 0.466 e. The Bertz CT molecular complexity index is 791. The van der Waals surface area contributed by atoms with E-state index >= 15 is 0 Å². The molecule has 152 valence electrons. The number of anilines is 1. The zero-order chi connectivity index (χ0) is 21.1. The molecule has 0 radical (unpaired) electrons. The molecule has 0 fully saturated rings. The molecule has 2 rings (SSSR count). The van der Waals surface area contributed by atoms with Crippen LogP contribution in [0, 0.1) is 5.41 Å². The maximum Gasteiger partial charge on any atom is 0.337 e. The lowest BCUT2D eigenvalue weighted by Gasteiger charge is -2.35. The number of esters is 1. The summed E-state index contributed by atoms with van der Waals surface area (Å²) in [5, 5.41) is 5.75. The van der Waals surface area contributed by atoms with Crippen molar-refractivity contribution in [3.8, 4) is 0 Å². The van der Waals surface area contributed by atoms with Gasteiger partial charge in [0.25, 0.3) is 0 Å². The average Bonchev–Trinajstić information content (AvgIpc) is 2.64. The van der Waals surface area contributed by atoms with Crippen LogP contribution in [0.3, 0.4) is 0 Å². The summed E-state index contributed by atoms with van der Waals surface area (Å²) < 4.78 is 4.96. The first kappa shape index (κ1) is 21.5. The van der Waals surface area contributed by atoms with Crippen LogP contribution in [-0.2, 0) is 14.3 Å². The Morgan fingerprint density at radius 2 is 1.82 bits per heavy atom. The highest BCUT2D eigenvalue weighted by atomic mass is 16.5. The van der Waals surface area contributed by atoms with Crippen LogP contribution >= 0.6 is 0 Å². The van der Waals surface area contributed by atoms with E-state index in [-0.39, 0.29) is 11.9 Å². The van der Waals surface area contributed by atoms with Crippen LogP contribution in [0.5, 0.6) is 0 Å². The first-order valence-corrected chi connectivity index (χ1v) is 9.38. The lowest BCUT2D eigenvalue weighted by atomic mass is 9.94. The number of benzene rings is 1. The Hall–Kier alpha value is -2.83. The maximum absolute atomic E-state index is 12.5. The van der Waals surface area contributed by atoms with E-state index in [4.69, 9.17) is 4.74 Å². The fraction of sp³-hybridized carbons (Fsp3) is 0.476. The van der Waals surface area contributed by atoms with Gasteiger partial charge in [-0.1, -0.05) is 39.8 Å². The van der Waals surface area contributed by atoms with Crippen LogP contribution in [0.25, 0.3) is 0 Å². The molecule has 1 aromatic rings. The third kappa shape index (κ3) is 4.52. The topological polar surface area (TPSA) is 87.7 Å². The molecule has 0 bridgehead atoms. The van der Waals surface area contributed by atoms with Crippen molar-refractivity contribution in [1.29, 1.82) is 0 Å². The van der Waals surface area contributed by atoms with Crippen LogP contribution < -0.4 is 10.6 Å². The molecule has 1 aliphatic rings. The number of hydrogen-bond acceptors (Lipinski definition) is 4. The predicted molar refractivity (Wildman–Crippen MR) is 108 cm³/mol. The van der Waals surface area contributed by atoms with E-state index in [1.54, 1.807) is 36.1 Å². The molecule has 1 aromatic carbocycles. The van der Waals surface area contributed by atoms with Crippen molar-refractivity contribution in [2.24, 2.45) is 5.41 Å². The number of rotatable bonds is 5. The molecule has 1 aliphatic heterocycles. The fourth-order valence-corrected chi connectivity index (χ4v) is 2.98. The number of methoxy groups -OCH3 is 1. The van der Waals surface area contributed by atoms with E-state index in [1.807, 2.05) is 27.7 Å². The van der Waals surface area contributed by atoms with Gasteiger partial charge in [-0.25, -0.2) is 9.59 Å². The molecule has 7 nitrogen and oxygen atoms in total. The molecule has 3 amide bonds. The van der Waals surface area contributed by atoms with Crippen molar-refractivity contribution in [1.82, 2.24) is 10.2 Å². The van der Waals surface area contributed by atoms with Gasteiger partial charge in [-0.05, 0) is 31.0 Å². The Morgan fingerprint density at radius 3 is 2.32 bits per heavy atom. The number of amides is 3. The number of carbonyl (C=O) groups excluding carboxylic acids is 3. The lowest BCUT2D eigenvalue weighted by molar-refractivity contribution is -0.136. The Balaban J connectivity index is 2.35. The first-order valence-electron chi connectivity index (χ1n) is 9.38. The highest BCUT2D eigenvalue weighted by Crippen LogP contribution is 2.32. The van der Waals surface area contributed by atoms with Crippen LogP contribution in [0.15, 0.2) is 35.5 Å². The second-order valence-electron chi connectivity index (χ2n) is 7.85. The predicted octanol–water partition coefficient (Wildman–Crippen LogP) is 3.59. The van der Waals surface area contributed by atoms with Crippen molar-refractivity contribution in [2.45, 2.75) is 47.1 Å². The summed E-state index contributed by atoms with van der Waals surface area (Å²) >= 11 is 0. The van der Waals surface area contributed by atoms with Crippen molar-refractivity contribution in [2.75, 3.05) is 19.0 Å². The van der Waals surface area contributed by atoms with Crippen LogP contribution in [-0.4, -0.2) is 36.5 Å². The van der Waals surface area contributed by atoms with Gasteiger partial charge in [0.2, 0.25) is 5.91 Å². The second-order valence-corrected chi connectivity index (χ2v) is 7.85. The van der Waals surface area contributed by atoms with E-state index < -0.39 is 17.4 Å². The summed E-state index contributed by atoms with van der Waals surface area (Å²) in [5.41, 5.74) is 1.88. The van der Waals surface area contributed by atoms with Gasteiger partial charge in [0.15, 0.2) is 0 Å². The standard InChI is InChI=1S/C21H29N3O4/c1-7-12-24-13(2)16(18(25)28-6)17(23-20(24)27)14-8-10-15(11-9-14)22-19(26)21(3,4)5/h8-11,17H,7,12H2,1-6H3,(H,22,26)(H,23,27)/t17-/m1/s1. The Labute approximate surface area is 166 Å². The van der Waals surface area contributed by atoms with Gasteiger partial charge in [-0.15, -0.1) is 0 Å². The minimum absolute atomic E-state index is 0.0904. The zero-order valence-corrected chi connectivity index (χ0v) is 17.4. The van der Waals surface area contributed by atoms with Crippen LogP contribution in [0.4, 0.5) is 10.5 Å². The molecule has 2 N–H and O–H groups in total. The van der Waals surface area contributed by atoms with E-state index in [0.717, 1.165) is 12.0 Å². The third-order valence-corrected chi connectivity index (χ3v) is 4.63. The number of allylic oxidation sites excluding steroid dienone is 1. The monoisotopic (exact) mass is 387 g/mol. The molecule has 1 heterocycles. The van der Waals surface area contributed by atoms with Gasteiger partial charge in [0, 0.05) is 23.3 Å². The molecule has 0 unspecified atom stereocenters. The number of hydrogen-bond donors (Lipinski definition) is 2. The van der Waals surface area contributed by atoms with Crippen molar-refractivity contribution < 1.29 is 19.1 Å². The summed E-state index contributed by atoms with van der Waals surface area (Å²) in [4.78, 5) is 38.7. The highest BCUT2D eigenvalue weighted by molar-refractivity contribution is 5.96. The van der Waals surface area contributed by atoms with Crippen LogP contribution in [0.1, 0.15) is 52.6 Å². The van der Waals surface area contributed by atoms with E-state index in [2.05, 4.69) is 10.6 Å². The van der Waals surface area contributed by atoms with Crippen molar-refractivity contribution >= 4 is 23.6 Å². The zero-order valence-electron chi connectivity index (χ0n) is 17.4. The van der Waals surface area contributed by atoms with Crippen molar-refractivity contribution in [3.63, 3.8) is 0 Å². The molecule has 7 heteroatoms. The molecule has 0 aromatic heterocycles. The first-order chi connectivity index (χ1) is 13.1. The minimum atomic E-state index is -0.611. The number of ether oxygens (including phenoxy) is 1. The lowest BCUT2D eigenvalue weighted by Crippen LogP contribution is -2.48. The highest BCUT2D eigenvalue weighted by Gasteiger charge is 2.35. The summed E-state index contributed by atoms with van der Waals surface area (Å²) in [5.74, 6) is -0.568. The fourth-order valence-electron chi connectivity index (χ4n) is 2.98. The Kier molecular flexibility index (Phi) is 6.48. The van der Waals surface area contributed by atoms with Gasteiger partial charge in [-0.3, -0.25) is 9.69 Å². The molecule has 1 atom stereocenters. The smallest absolute Gasteiger partial charge is 0.337 e. The third-order valence-electron chi connectivity index (χ3n) is 4.63. The molecule has 28 heavy (non-hydrogen) atoms. The quantitative estimate of drug-likeness (QED) is 0.756. The molecular weight excluding hydrogens is 358 g/mol. The molecule has 0 saturated carbocycles. The molecular formula is C21H29N3O4. The maximum atomic E-state index is 12.5. The summed E-state index contributed by atoms with van der Waals surface area (Å²) in [7, 11) is 1.32. The second kappa shape index (κ2) is 8.46. The van der Waals surface area contributed by atoms with E-state index in [1.165, 1.54) is 7.11 Å². The number of nitrogens with zero attached hydrogens (tertiary/aromatic N) is 1. The molecule has 0 aliphatic carbocycles. The minimum Gasteiger partial charge on any atom is -0.466 e. The van der Waals surface area contributed by atoms with Gasteiger partial charge in [-0.2, -0.15) is 0 Å². The van der Waals surface area contributed by atoms with Gasteiger partial charge in [0.1, 0.15) is 0 Å². The molecule has 0 saturated heterocycles. The number of carbonyl (C=O) groups is 3. The number of nitrogens with one attached hydrogen (secondary N) is 2. The number of urea groups is 1. The average molecular weight is 387 g/mol. The van der Waals surface area contributed by atoms with Crippen LogP contribution in [0.2, 0.25) is 0 Å².